The van der Waals surface area contributed by atoms with E-state index in [4.69, 9.17) is 0 Å². The first-order valence-electron chi connectivity index (χ1n) is 12.9. The van der Waals surface area contributed by atoms with Gasteiger partial charge in [0, 0.05) is 12.0 Å². The molecule has 4 rings (SSSR count). The van der Waals surface area contributed by atoms with Crippen LogP contribution >= 0.6 is 11.8 Å². The van der Waals surface area contributed by atoms with E-state index in [0.29, 0.717) is 35.9 Å². The van der Waals surface area contributed by atoms with Crippen molar-refractivity contribution in [3.05, 3.63) is 65.0 Å². The number of aliphatic carboxylic acids is 1. The standard InChI is InChI=1S/C28H35N5O3S/c1-19-8-6-7-11-22(19)24-16-21(12-13-23(24)27(34)29-25(28(35)36)14-15-37-2)17-26-30-32-33(31-26)18-20-9-4-3-5-10-20/h6-8,11-13,16,20,25H,3-5,9-10,14-15,17-18H2,1-2H3,(H,29,34)(H,35,36)/t25-/m0/s1. The van der Waals surface area contributed by atoms with Crippen LogP contribution in [0.1, 0.15) is 65.8 Å². The smallest absolute Gasteiger partial charge is 0.326 e. The van der Waals surface area contributed by atoms with Gasteiger partial charge in [-0.2, -0.15) is 16.6 Å². The van der Waals surface area contributed by atoms with Crippen LogP contribution in [-0.4, -0.2) is 55.2 Å². The number of nitrogens with zero attached hydrogens (tertiary/aromatic N) is 4. The van der Waals surface area contributed by atoms with E-state index < -0.39 is 17.9 Å². The molecule has 1 aromatic heterocycles. The van der Waals surface area contributed by atoms with Gasteiger partial charge in [0.1, 0.15) is 6.04 Å². The second kappa shape index (κ2) is 12.9. The predicted molar refractivity (Wildman–Crippen MR) is 146 cm³/mol. The Morgan fingerprint density at radius 2 is 1.92 bits per heavy atom. The zero-order chi connectivity index (χ0) is 26.2. The van der Waals surface area contributed by atoms with Crippen molar-refractivity contribution in [1.82, 2.24) is 25.5 Å². The molecular formula is C28H35N5O3S. The number of carbonyl (C=O) groups is 2. The first kappa shape index (κ1) is 26.9. The minimum absolute atomic E-state index is 0.363. The molecule has 1 aliphatic carbocycles. The molecule has 0 bridgehead atoms. The molecule has 0 spiro atoms. The van der Waals surface area contributed by atoms with Crippen LogP contribution in [-0.2, 0) is 17.8 Å². The number of rotatable bonds is 11. The number of carboxylic acids is 1. The van der Waals surface area contributed by atoms with Crippen LogP contribution in [0, 0.1) is 12.8 Å². The molecule has 1 aliphatic rings. The topological polar surface area (TPSA) is 110 Å². The molecule has 0 radical (unpaired) electrons. The number of carboxylic acid groups (broad SMARTS) is 1. The number of hydrogen-bond acceptors (Lipinski definition) is 6. The van der Waals surface area contributed by atoms with Gasteiger partial charge in [-0.1, -0.05) is 49.6 Å². The fourth-order valence-electron chi connectivity index (χ4n) is 4.93. The van der Waals surface area contributed by atoms with Crippen LogP contribution in [0.15, 0.2) is 42.5 Å². The van der Waals surface area contributed by atoms with Gasteiger partial charge in [-0.05, 0) is 83.7 Å². The van der Waals surface area contributed by atoms with Crippen molar-refractivity contribution in [2.45, 2.75) is 64.5 Å². The van der Waals surface area contributed by atoms with E-state index in [1.54, 1.807) is 22.6 Å². The highest BCUT2D eigenvalue weighted by molar-refractivity contribution is 7.98. The summed E-state index contributed by atoms with van der Waals surface area (Å²) in [5.41, 5.74) is 4.13. The molecule has 9 heteroatoms. The van der Waals surface area contributed by atoms with Gasteiger partial charge in [-0.3, -0.25) is 4.79 Å². The minimum Gasteiger partial charge on any atom is -0.480 e. The molecular weight excluding hydrogens is 486 g/mol. The molecule has 1 amide bonds. The molecule has 0 aliphatic heterocycles. The maximum Gasteiger partial charge on any atom is 0.326 e. The molecule has 0 unspecified atom stereocenters. The Bertz CT molecular complexity index is 1220. The summed E-state index contributed by atoms with van der Waals surface area (Å²) in [5.74, 6) is 0.488. The first-order chi connectivity index (χ1) is 17.9. The summed E-state index contributed by atoms with van der Waals surface area (Å²) in [5, 5.41) is 25.5. The van der Waals surface area contributed by atoms with E-state index in [1.165, 1.54) is 32.1 Å². The molecule has 196 valence electrons. The van der Waals surface area contributed by atoms with Crippen molar-refractivity contribution in [2.24, 2.45) is 5.92 Å². The Balaban J connectivity index is 1.57. The van der Waals surface area contributed by atoms with Crippen molar-refractivity contribution < 1.29 is 14.7 Å². The third-order valence-electron chi connectivity index (χ3n) is 6.98. The molecule has 1 fully saturated rings. The summed E-state index contributed by atoms with van der Waals surface area (Å²) in [6.45, 7) is 2.81. The zero-order valence-corrected chi connectivity index (χ0v) is 22.3. The Kier molecular flexibility index (Phi) is 9.33. The monoisotopic (exact) mass is 521 g/mol. The van der Waals surface area contributed by atoms with Gasteiger partial charge >= 0.3 is 5.97 Å². The maximum absolute atomic E-state index is 13.3. The zero-order valence-electron chi connectivity index (χ0n) is 21.5. The van der Waals surface area contributed by atoms with Gasteiger partial charge in [0.05, 0.1) is 6.54 Å². The lowest BCUT2D eigenvalue weighted by Gasteiger charge is -2.20. The molecule has 1 heterocycles. The maximum atomic E-state index is 13.3. The van der Waals surface area contributed by atoms with Crippen molar-refractivity contribution in [3.63, 3.8) is 0 Å². The first-order valence-corrected chi connectivity index (χ1v) is 14.3. The number of aryl methyl sites for hydroxylation is 1. The lowest BCUT2D eigenvalue weighted by atomic mass is 9.89. The SMILES string of the molecule is CSCC[C@H](NC(=O)c1ccc(Cc2nnn(CC3CCCCC3)n2)cc1-c1ccccc1C)C(=O)O. The molecule has 2 N–H and O–H groups in total. The normalized spacial score (nSPS) is 14.9. The van der Waals surface area contributed by atoms with Crippen LogP contribution in [0.3, 0.4) is 0 Å². The van der Waals surface area contributed by atoms with E-state index in [-0.39, 0.29) is 0 Å². The molecule has 1 saturated carbocycles. The van der Waals surface area contributed by atoms with Crippen LogP contribution in [0.25, 0.3) is 11.1 Å². The molecule has 1 atom stereocenters. The summed E-state index contributed by atoms with van der Waals surface area (Å²) >= 11 is 1.55. The highest BCUT2D eigenvalue weighted by Crippen LogP contribution is 2.29. The number of nitrogens with one attached hydrogen (secondary N) is 1. The van der Waals surface area contributed by atoms with Crippen LogP contribution < -0.4 is 5.32 Å². The average Bonchev–Trinajstić information content (AvgIpc) is 3.33. The molecule has 37 heavy (non-hydrogen) atoms. The third kappa shape index (κ3) is 7.19. The third-order valence-corrected chi connectivity index (χ3v) is 7.62. The Morgan fingerprint density at radius 1 is 1.14 bits per heavy atom. The summed E-state index contributed by atoms with van der Waals surface area (Å²) < 4.78 is 0. The summed E-state index contributed by atoms with van der Waals surface area (Å²) in [6, 6.07) is 12.6. The number of amides is 1. The molecule has 0 saturated heterocycles. The summed E-state index contributed by atoms with van der Waals surface area (Å²) in [7, 11) is 0. The van der Waals surface area contributed by atoms with Gasteiger partial charge in [0.15, 0.2) is 5.82 Å². The van der Waals surface area contributed by atoms with E-state index in [0.717, 1.165) is 28.8 Å². The fourth-order valence-corrected chi connectivity index (χ4v) is 5.41. The Hall–Kier alpha value is -3.20. The number of hydrogen-bond donors (Lipinski definition) is 2. The highest BCUT2D eigenvalue weighted by atomic mass is 32.2. The second-order valence-electron chi connectivity index (χ2n) is 9.78. The number of carbonyl (C=O) groups excluding carboxylic acids is 1. The van der Waals surface area contributed by atoms with Gasteiger partial charge in [-0.15, -0.1) is 10.2 Å². The lowest BCUT2D eigenvalue weighted by Crippen LogP contribution is -2.41. The summed E-state index contributed by atoms with van der Waals surface area (Å²) in [6.07, 6.45) is 9.09. The average molecular weight is 522 g/mol. The van der Waals surface area contributed by atoms with Crippen LogP contribution in [0.4, 0.5) is 0 Å². The molecule has 3 aromatic rings. The largest absolute Gasteiger partial charge is 0.480 e. The van der Waals surface area contributed by atoms with Crippen molar-refractivity contribution in [1.29, 1.82) is 0 Å². The lowest BCUT2D eigenvalue weighted by molar-refractivity contribution is -0.139. The number of benzene rings is 2. The van der Waals surface area contributed by atoms with Gasteiger partial charge < -0.3 is 10.4 Å². The minimum atomic E-state index is -1.03. The highest BCUT2D eigenvalue weighted by Gasteiger charge is 2.23. The van der Waals surface area contributed by atoms with E-state index in [9.17, 15) is 14.7 Å². The molecule has 8 nitrogen and oxygen atoms in total. The van der Waals surface area contributed by atoms with Crippen molar-refractivity contribution in [3.8, 4) is 11.1 Å². The van der Waals surface area contributed by atoms with Gasteiger partial charge in [-0.25, -0.2) is 4.79 Å². The van der Waals surface area contributed by atoms with E-state index in [1.807, 2.05) is 49.6 Å². The predicted octanol–water partition coefficient (Wildman–Crippen LogP) is 4.76. The van der Waals surface area contributed by atoms with Gasteiger partial charge in [0.2, 0.25) is 0 Å². The van der Waals surface area contributed by atoms with E-state index in [2.05, 4.69) is 20.7 Å². The van der Waals surface area contributed by atoms with Crippen LogP contribution in [0.2, 0.25) is 0 Å². The quantitative estimate of drug-likeness (QED) is 0.374. The second-order valence-corrected chi connectivity index (χ2v) is 10.8. The van der Waals surface area contributed by atoms with Crippen molar-refractivity contribution in [2.75, 3.05) is 12.0 Å². The van der Waals surface area contributed by atoms with E-state index >= 15 is 0 Å². The fraction of sp³-hybridized carbons (Fsp3) is 0.464. The van der Waals surface area contributed by atoms with Crippen molar-refractivity contribution >= 4 is 23.6 Å². The van der Waals surface area contributed by atoms with Gasteiger partial charge in [0.25, 0.3) is 5.91 Å². The number of aromatic nitrogens is 4. The summed E-state index contributed by atoms with van der Waals surface area (Å²) in [4.78, 5) is 26.7. The number of thioether (sulfide) groups is 1. The Morgan fingerprint density at radius 3 is 2.65 bits per heavy atom. The number of tetrazole rings is 1. The Labute approximate surface area is 222 Å². The molecule has 2 aromatic carbocycles. The van der Waals surface area contributed by atoms with Crippen LogP contribution in [0.5, 0.6) is 0 Å².